The number of ether oxygens (including phenoxy) is 1. The molecule has 2 fully saturated rings. The summed E-state index contributed by atoms with van der Waals surface area (Å²) in [4.78, 5) is 2.78. The third-order valence-corrected chi connectivity index (χ3v) is 6.80. The van der Waals surface area contributed by atoms with Crippen molar-refractivity contribution in [3.05, 3.63) is 23.8 Å². The number of nitrogens with zero attached hydrogens (tertiary/aromatic N) is 2. The van der Waals surface area contributed by atoms with Gasteiger partial charge in [0.05, 0.1) is 11.0 Å². The number of sulfonamides is 1. The molecule has 0 saturated carbocycles. The molecule has 1 unspecified atom stereocenters. The molecule has 0 radical (unpaired) electrons. The summed E-state index contributed by atoms with van der Waals surface area (Å²) in [6, 6.07) is 5.50. The van der Waals surface area contributed by atoms with E-state index in [4.69, 9.17) is 4.74 Å². The van der Waals surface area contributed by atoms with Crippen molar-refractivity contribution >= 4 is 22.4 Å². The van der Waals surface area contributed by atoms with Gasteiger partial charge in [0, 0.05) is 45.3 Å². The minimum atomic E-state index is -3.44. The molecule has 2 aliphatic heterocycles. The Balaban J connectivity index is 0.00000243. The number of piperazine rings is 1. The normalized spacial score (nSPS) is 22.4. The number of hydrogen-bond donors (Lipinski definition) is 1. The Morgan fingerprint density at radius 3 is 2.50 bits per heavy atom. The van der Waals surface area contributed by atoms with Crippen molar-refractivity contribution in [2.24, 2.45) is 0 Å². The van der Waals surface area contributed by atoms with Crippen LogP contribution in [0, 0.1) is 6.92 Å². The number of halogens is 1. The number of hydrogen-bond acceptors (Lipinski definition) is 5. The van der Waals surface area contributed by atoms with E-state index in [2.05, 4.69) is 10.2 Å². The van der Waals surface area contributed by atoms with Crippen LogP contribution in [0.15, 0.2) is 23.1 Å². The first kappa shape index (κ1) is 21.4. The van der Waals surface area contributed by atoms with Gasteiger partial charge in [-0.2, -0.15) is 4.31 Å². The summed E-state index contributed by atoms with van der Waals surface area (Å²) in [5, 5.41) is 3.34. The molecule has 0 spiro atoms. The van der Waals surface area contributed by atoms with Gasteiger partial charge >= 0.3 is 0 Å². The molecule has 2 saturated heterocycles. The summed E-state index contributed by atoms with van der Waals surface area (Å²) < 4.78 is 33.4. The van der Waals surface area contributed by atoms with E-state index in [9.17, 15) is 8.42 Å². The molecule has 148 valence electrons. The van der Waals surface area contributed by atoms with E-state index in [0.29, 0.717) is 24.0 Å². The first-order valence-electron chi connectivity index (χ1n) is 9.10. The molecular weight excluding hydrogens is 374 g/mol. The molecule has 1 atom stereocenters. The van der Waals surface area contributed by atoms with Crippen LogP contribution in [0.3, 0.4) is 0 Å². The highest BCUT2D eigenvalue weighted by atomic mass is 35.5. The average molecular weight is 404 g/mol. The molecule has 0 bridgehead atoms. The van der Waals surface area contributed by atoms with Gasteiger partial charge in [0.15, 0.2) is 0 Å². The monoisotopic (exact) mass is 403 g/mol. The third kappa shape index (κ3) is 4.70. The summed E-state index contributed by atoms with van der Waals surface area (Å²) in [5.41, 5.74) is 0.854. The van der Waals surface area contributed by atoms with Gasteiger partial charge in [0.1, 0.15) is 5.75 Å². The average Bonchev–Trinajstić information content (AvgIpc) is 3.08. The molecule has 1 aromatic rings. The first-order chi connectivity index (χ1) is 11.9. The Hall–Kier alpha value is -0.860. The van der Waals surface area contributed by atoms with Gasteiger partial charge in [-0.25, -0.2) is 8.42 Å². The molecule has 2 aliphatic rings. The number of rotatable bonds is 5. The summed E-state index contributed by atoms with van der Waals surface area (Å²) in [5.74, 6) is 0.745. The maximum absolute atomic E-state index is 13.0. The molecule has 3 rings (SSSR count). The predicted molar refractivity (Wildman–Crippen MR) is 106 cm³/mol. The highest BCUT2D eigenvalue weighted by Gasteiger charge is 2.35. The Bertz CT molecular complexity index is 706. The quantitative estimate of drug-likeness (QED) is 0.813. The van der Waals surface area contributed by atoms with E-state index < -0.39 is 10.0 Å². The van der Waals surface area contributed by atoms with E-state index in [1.165, 1.54) is 0 Å². The zero-order valence-electron chi connectivity index (χ0n) is 15.8. The summed E-state index contributed by atoms with van der Waals surface area (Å²) in [6.45, 7) is 11.0. The molecule has 1 aromatic carbocycles. The lowest BCUT2D eigenvalue weighted by Crippen LogP contribution is -2.49. The van der Waals surface area contributed by atoms with Crippen LogP contribution in [0.4, 0.5) is 0 Å². The van der Waals surface area contributed by atoms with Crippen molar-refractivity contribution in [1.82, 2.24) is 14.5 Å². The van der Waals surface area contributed by atoms with Crippen LogP contribution in [0.25, 0.3) is 0 Å². The van der Waals surface area contributed by atoms with Crippen molar-refractivity contribution in [1.29, 1.82) is 0 Å². The predicted octanol–water partition coefficient (Wildman–Crippen LogP) is 1.87. The SMILES string of the molecule is Cc1cc(S(=O)(=O)N2CCC(N3CCNCC3)C2)ccc1OC(C)C.Cl. The van der Waals surface area contributed by atoms with Crippen LogP contribution >= 0.6 is 12.4 Å². The second-order valence-electron chi connectivity index (χ2n) is 7.19. The maximum Gasteiger partial charge on any atom is 0.243 e. The lowest BCUT2D eigenvalue weighted by Gasteiger charge is -2.32. The highest BCUT2D eigenvalue weighted by molar-refractivity contribution is 7.89. The third-order valence-electron chi connectivity index (χ3n) is 4.94. The topological polar surface area (TPSA) is 61.9 Å². The largest absolute Gasteiger partial charge is 0.491 e. The van der Waals surface area contributed by atoms with Crippen molar-refractivity contribution in [3.63, 3.8) is 0 Å². The second kappa shape index (κ2) is 8.89. The number of aryl methyl sites for hydroxylation is 1. The standard InChI is InChI=1S/C18H29N3O3S.ClH/c1-14(2)24-18-5-4-17(12-15(18)3)25(22,23)21-9-6-16(13-21)20-10-7-19-8-11-20;/h4-5,12,14,16,19H,6-11,13H2,1-3H3;1H. The smallest absolute Gasteiger partial charge is 0.243 e. The fraction of sp³-hybridized carbons (Fsp3) is 0.667. The van der Waals surface area contributed by atoms with E-state index in [0.717, 1.165) is 43.9 Å². The Kier molecular flexibility index (Phi) is 7.33. The van der Waals surface area contributed by atoms with E-state index in [1.807, 2.05) is 20.8 Å². The maximum atomic E-state index is 13.0. The highest BCUT2D eigenvalue weighted by Crippen LogP contribution is 2.28. The fourth-order valence-corrected chi connectivity index (χ4v) is 5.17. The molecule has 2 heterocycles. The molecule has 1 N–H and O–H groups in total. The Morgan fingerprint density at radius 2 is 1.88 bits per heavy atom. The van der Waals surface area contributed by atoms with Crippen LogP contribution in [-0.2, 0) is 10.0 Å². The summed E-state index contributed by atoms with van der Waals surface area (Å²) in [7, 11) is -3.44. The van der Waals surface area contributed by atoms with Gasteiger partial charge in [-0.1, -0.05) is 0 Å². The van der Waals surface area contributed by atoms with Gasteiger partial charge in [-0.15, -0.1) is 12.4 Å². The Labute approximate surface area is 163 Å². The van der Waals surface area contributed by atoms with Crippen LogP contribution in [0.2, 0.25) is 0 Å². The van der Waals surface area contributed by atoms with Crippen molar-refractivity contribution in [2.75, 3.05) is 39.3 Å². The second-order valence-corrected chi connectivity index (χ2v) is 9.12. The molecule has 26 heavy (non-hydrogen) atoms. The first-order valence-corrected chi connectivity index (χ1v) is 10.5. The Morgan fingerprint density at radius 1 is 1.19 bits per heavy atom. The minimum absolute atomic E-state index is 0. The minimum Gasteiger partial charge on any atom is -0.491 e. The van der Waals surface area contributed by atoms with Crippen LogP contribution in [0.1, 0.15) is 25.8 Å². The molecule has 0 amide bonds. The van der Waals surface area contributed by atoms with Crippen LogP contribution in [-0.4, -0.2) is 69.0 Å². The molecule has 6 nitrogen and oxygen atoms in total. The molecule has 8 heteroatoms. The zero-order valence-corrected chi connectivity index (χ0v) is 17.4. The van der Waals surface area contributed by atoms with Crippen molar-refractivity contribution in [2.45, 2.75) is 44.2 Å². The van der Waals surface area contributed by atoms with Crippen LogP contribution in [0.5, 0.6) is 5.75 Å². The number of nitrogens with one attached hydrogen (secondary N) is 1. The number of benzene rings is 1. The van der Waals surface area contributed by atoms with E-state index >= 15 is 0 Å². The lowest BCUT2D eigenvalue weighted by atomic mass is 10.2. The van der Waals surface area contributed by atoms with Crippen molar-refractivity contribution in [3.8, 4) is 5.75 Å². The fourth-order valence-electron chi connectivity index (χ4n) is 3.59. The molecular formula is C18H30ClN3O3S. The van der Waals surface area contributed by atoms with Crippen LogP contribution < -0.4 is 10.1 Å². The molecule has 0 aromatic heterocycles. The van der Waals surface area contributed by atoms with Gasteiger partial charge in [0.25, 0.3) is 0 Å². The van der Waals surface area contributed by atoms with Crippen molar-refractivity contribution < 1.29 is 13.2 Å². The van der Waals surface area contributed by atoms with Gasteiger partial charge < -0.3 is 10.1 Å². The van der Waals surface area contributed by atoms with Gasteiger partial charge in [0.2, 0.25) is 10.0 Å². The summed E-state index contributed by atoms with van der Waals surface area (Å²) in [6.07, 6.45) is 0.978. The van der Waals surface area contributed by atoms with Gasteiger partial charge in [-0.3, -0.25) is 4.90 Å². The zero-order chi connectivity index (χ0) is 18.0. The molecule has 0 aliphatic carbocycles. The lowest BCUT2D eigenvalue weighted by molar-refractivity contribution is 0.179. The van der Waals surface area contributed by atoms with Gasteiger partial charge in [-0.05, 0) is 51.0 Å². The summed E-state index contributed by atoms with van der Waals surface area (Å²) >= 11 is 0. The van der Waals surface area contributed by atoms with E-state index in [-0.39, 0.29) is 18.5 Å². The van der Waals surface area contributed by atoms with E-state index in [1.54, 1.807) is 22.5 Å².